The molecule has 0 heterocycles. The van der Waals surface area contributed by atoms with Crippen molar-refractivity contribution >= 4 is 0 Å². The van der Waals surface area contributed by atoms with Crippen molar-refractivity contribution in [2.24, 2.45) is 0 Å². The van der Waals surface area contributed by atoms with Crippen LogP contribution in [0.3, 0.4) is 0 Å². The van der Waals surface area contributed by atoms with Crippen molar-refractivity contribution in [2.45, 2.75) is 19.5 Å². The zero-order valence-electron chi connectivity index (χ0n) is 6.42. The first kappa shape index (κ1) is 8.05. The standard InChI is InChI=1S/C9H11FO/c1-2-9(10)7-3-5-8(11)6-4-7/h3-6,9,11H,2H2,1H3. The molecule has 0 fully saturated rings. The van der Waals surface area contributed by atoms with Crippen LogP contribution < -0.4 is 0 Å². The number of phenols is 1. The molecule has 1 aromatic rings. The Morgan fingerprint density at radius 2 is 1.91 bits per heavy atom. The molecular formula is C9H11FO. The minimum Gasteiger partial charge on any atom is -0.508 e. The van der Waals surface area contributed by atoms with Crippen LogP contribution in [0.25, 0.3) is 0 Å². The van der Waals surface area contributed by atoms with Gasteiger partial charge in [-0.1, -0.05) is 19.1 Å². The maximum atomic E-state index is 12.9. The molecule has 0 bridgehead atoms. The van der Waals surface area contributed by atoms with Crippen molar-refractivity contribution < 1.29 is 9.50 Å². The van der Waals surface area contributed by atoms with E-state index in [2.05, 4.69) is 0 Å². The molecule has 0 aliphatic rings. The molecule has 2 heteroatoms. The molecule has 0 radical (unpaired) electrons. The second kappa shape index (κ2) is 3.37. The van der Waals surface area contributed by atoms with Crippen LogP contribution in [0.1, 0.15) is 25.1 Å². The molecule has 0 amide bonds. The predicted octanol–water partition coefficient (Wildman–Crippen LogP) is 2.81. The van der Waals surface area contributed by atoms with E-state index in [1.807, 2.05) is 0 Å². The minimum atomic E-state index is -0.907. The van der Waals surface area contributed by atoms with Crippen molar-refractivity contribution in [2.75, 3.05) is 0 Å². The molecular weight excluding hydrogens is 143 g/mol. The molecule has 0 aromatic heterocycles. The van der Waals surface area contributed by atoms with E-state index >= 15 is 0 Å². The van der Waals surface area contributed by atoms with Gasteiger partial charge in [0.15, 0.2) is 0 Å². The van der Waals surface area contributed by atoms with Gasteiger partial charge in [-0.05, 0) is 24.1 Å². The van der Waals surface area contributed by atoms with E-state index in [4.69, 9.17) is 5.11 Å². The van der Waals surface area contributed by atoms with E-state index in [1.165, 1.54) is 12.1 Å². The Kier molecular flexibility index (Phi) is 2.47. The quantitative estimate of drug-likeness (QED) is 0.694. The lowest BCUT2D eigenvalue weighted by molar-refractivity contribution is 0.334. The third kappa shape index (κ3) is 1.93. The topological polar surface area (TPSA) is 20.2 Å². The molecule has 11 heavy (non-hydrogen) atoms. The largest absolute Gasteiger partial charge is 0.508 e. The molecule has 1 atom stereocenters. The van der Waals surface area contributed by atoms with Gasteiger partial charge in [0.2, 0.25) is 0 Å². The maximum Gasteiger partial charge on any atom is 0.125 e. The summed E-state index contributed by atoms with van der Waals surface area (Å²) in [5, 5.41) is 8.89. The van der Waals surface area contributed by atoms with Gasteiger partial charge in [0.25, 0.3) is 0 Å². The number of benzene rings is 1. The average Bonchev–Trinajstić information content (AvgIpc) is 2.05. The van der Waals surface area contributed by atoms with Gasteiger partial charge in [0.05, 0.1) is 0 Å². The lowest BCUT2D eigenvalue weighted by Gasteiger charge is -2.03. The van der Waals surface area contributed by atoms with Crippen molar-refractivity contribution in [3.8, 4) is 5.75 Å². The van der Waals surface area contributed by atoms with Crippen molar-refractivity contribution in [3.63, 3.8) is 0 Å². The Balaban J connectivity index is 2.81. The van der Waals surface area contributed by atoms with Crippen LogP contribution >= 0.6 is 0 Å². The SMILES string of the molecule is CCC(F)c1ccc(O)cc1. The smallest absolute Gasteiger partial charge is 0.125 e. The summed E-state index contributed by atoms with van der Waals surface area (Å²) >= 11 is 0. The number of alkyl halides is 1. The lowest BCUT2D eigenvalue weighted by atomic mass is 10.1. The molecule has 0 aliphatic heterocycles. The molecule has 1 nitrogen and oxygen atoms in total. The highest BCUT2D eigenvalue weighted by Crippen LogP contribution is 2.22. The van der Waals surface area contributed by atoms with Crippen molar-refractivity contribution in [1.29, 1.82) is 0 Å². The number of rotatable bonds is 2. The highest BCUT2D eigenvalue weighted by atomic mass is 19.1. The average molecular weight is 154 g/mol. The first-order valence-electron chi connectivity index (χ1n) is 3.67. The van der Waals surface area contributed by atoms with E-state index in [0.717, 1.165) is 0 Å². The van der Waals surface area contributed by atoms with E-state index in [9.17, 15) is 4.39 Å². The second-order valence-corrected chi connectivity index (χ2v) is 2.47. The highest BCUT2D eigenvalue weighted by Gasteiger charge is 2.05. The molecule has 1 aromatic carbocycles. The number of halogens is 1. The van der Waals surface area contributed by atoms with Crippen LogP contribution in [0.15, 0.2) is 24.3 Å². The molecule has 0 saturated carbocycles. The summed E-state index contributed by atoms with van der Waals surface area (Å²) in [5.74, 6) is 0.178. The van der Waals surface area contributed by atoms with Crippen LogP contribution in [0.2, 0.25) is 0 Å². The summed E-state index contributed by atoms with van der Waals surface area (Å²) in [6.07, 6.45) is -0.430. The Hall–Kier alpha value is -1.05. The Labute approximate surface area is 65.5 Å². The summed E-state index contributed by atoms with van der Waals surface area (Å²) in [7, 11) is 0. The van der Waals surface area contributed by atoms with Crippen LogP contribution in [-0.4, -0.2) is 5.11 Å². The lowest BCUT2D eigenvalue weighted by Crippen LogP contribution is -1.87. The number of hydrogen-bond donors (Lipinski definition) is 1. The normalized spacial score (nSPS) is 12.9. The first-order valence-corrected chi connectivity index (χ1v) is 3.67. The predicted molar refractivity (Wildman–Crippen MR) is 42.2 cm³/mol. The van der Waals surface area contributed by atoms with E-state index < -0.39 is 6.17 Å². The van der Waals surface area contributed by atoms with Crippen LogP contribution in [-0.2, 0) is 0 Å². The number of aromatic hydroxyl groups is 1. The minimum absolute atomic E-state index is 0.178. The third-order valence-corrected chi connectivity index (χ3v) is 1.61. The molecule has 1 N–H and O–H groups in total. The molecule has 0 spiro atoms. The van der Waals surface area contributed by atoms with Gasteiger partial charge in [-0.3, -0.25) is 0 Å². The van der Waals surface area contributed by atoms with Crippen LogP contribution in [0, 0.1) is 0 Å². The van der Waals surface area contributed by atoms with Crippen LogP contribution in [0.5, 0.6) is 5.75 Å². The molecule has 1 rings (SSSR count). The Morgan fingerprint density at radius 3 is 2.36 bits per heavy atom. The van der Waals surface area contributed by atoms with Crippen LogP contribution in [0.4, 0.5) is 4.39 Å². The van der Waals surface area contributed by atoms with E-state index in [-0.39, 0.29) is 5.75 Å². The zero-order valence-corrected chi connectivity index (χ0v) is 6.42. The zero-order chi connectivity index (χ0) is 8.27. The fourth-order valence-electron chi connectivity index (χ4n) is 0.919. The van der Waals surface area contributed by atoms with Gasteiger partial charge >= 0.3 is 0 Å². The van der Waals surface area contributed by atoms with Crippen molar-refractivity contribution in [1.82, 2.24) is 0 Å². The van der Waals surface area contributed by atoms with Gasteiger partial charge in [-0.2, -0.15) is 0 Å². The summed E-state index contributed by atoms with van der Waals surface area (Å²) < 4.78 is 12.9. The molecule has 1 unspecified atom stereocenters. The highest BCUT2D eigenvalue weighted by molar-refractivity contribution is 5.27. The van der Waals surface area contributed by atoms with Gasteiger partial charge in [-0.25, -0.2) is 4.39 Å². The summed E-state index contributed by atoms with van der Waals surface area (Å²) in [4.78, 5) is 0. The maximum absolute atomic E-state index is 12.9. The summed E-state index contributed by atoms with van der Waals surface area (Å²) in [6, 6.07) is 6.20. The second-order valence-electron chi connectivity index (χ2n) is 2.47. The molecule has 0 saturated heterocycles. The molecule has 0 aliphatic carbocycles. The monoisotopic (exact) mass is 154 g/mol. The van der Waals surface area contributed by atoms with E-state index in [0.29, 0.717) is 12.0 Å². The fraction of sp³-hybridized carbons (Fsp3) is 0.333. The number of hydrogen-bond acceptors (Lipinski definition) is 1. The van der Waals surface area contributed by atoms with Gasteiger partial charge in [0, 0.05) is 0 Å². The van der Waals surface area contributed by atoms with Crippen molar-refractivity contribution in [3.05, 3.63) is 29.8 Å². The first-order chi connectivity index (χ1) is 5.24. The third-order valence-electron chi connectivity index (χ3n) is 1.61. The fourth-order valence-corrected chi connectivity index (χ4v) is 0.919. The Morgan fingerprint density at radius 1 is 1.36 bits per heavy atom. The Bertz CT molecular complexity index is 218. The van der Waals surface area contributed by atoms with Gasteiger partial charge in [0.1, 0.15) is 11.9 Å². The number of phenolic OH excluding ortho intramolecular Hbond substituents is 1. The van der Waals surface area contributed by atoms with Gasteiger partial charge in [-0.15, -0.1) is 0 Å². The summed E-state index contributed by atoms with van der Waals surface area (Å²) in [5.41, 5.74) is 0.630. The van der Waals surface area contributed by atoms with Gasteiger partial charge < -0.3 is 5.11 Å². The summed E-state index contributed by atoms with van der Waals surface area (Å²) in [6.45, 7) is 1.79. The van der Waals surface area contributed by atoms with E-state index in [1.54, 1.807) is 19.1 Å². The molecule has 60 valence electrons.